The van der Waals surface area contributed by atoms with Crippen LogP contribution in [0.5, 0.6) is 0 Å². The van der Waals surface area contributed by atoms with Gasteiger partial charge in [0.1, 0.15) is 6.61 Å². The number of ether oxygens (including phenoxy) is 1. The second kappa shape index (κ2) is 11.7. The minimum absolute atomic E-state index is 0.00466. The molecule has 2 aliphatic rings. The van der Waals surface area contributed by atoms with Crippen LogP contribution in [0.15, 0.2) is 112 Å². The first-order valence-corrected chi connectivity index (χ1v) is 13.8. The van der Waals surface area contributed by atoms with Crippen molar-refractivity contribution in [3.8, 4) is 0 Å². The number of aliphatic imine (C=N–C) groups is 1. The van der Waals surface area contributed by atoms with Crippen molar-refractivity contribution in [2.45, 2.75) is 39.5 Å². The Bertz CT molecular complexity index is 1460. The number of thioether (sulfide) groups is 1. The van der Waals surface area contributed by atoms with E-state index in [4.69, 9.17) is 9.73 Å². The summed E-state index contributed by atoms with van der Waals surface area (Å²) in [4.78, 5) is 35.5. The predicted molar refractivity (Wildman–Crippen MR) is 155 cm³/mol. The van der Waals surface area contributed by atoms with E-state index in [9.17, 15) is 9.59 Å². The number of amides is 1. The lowest BCUT2D eigenvalue weighted by molar-refractivity contribution is -0.141. The van der Waals surface area contributed by atoms with Gasteiger partial charge in [-0.25, -0.2) is 9.79 Å². The average Bonchev–Trinajstić information content (AvgIpc) is 3.34. The zero-order valence-electron chi connectivity index (χ0n) is 22.3. The number of carbonyl (C=O) groups is 2. The summed E-state index contributed by atoms with van der Waals surface area (Å²) in [5, 5.41) is 2.73. The molecular formula is C32H31N3O3S. The molecule has 0 radical (unpaired) electrons. The quantitative estimate of drug-likeness (QED) is 0.313. The molecule has 0 fully saturated rings. The third-order valence-corrected chi connectivity index (χ3v) is 7.83. The van der Waals surface area contributed by atoms with Gasteiger partial charge in [-0.15, -0.1) is 0 Å². The SMILES string of the molecule is CC1=C(C(=O)OCc2ccccc2)[C@H](c2ccccc2C)N2C(CC(=O)N(C)Cc3ccccc3)=CSC2=N1. The van der Waals surface area contributed by atoms with Gasteiger partial charge in [-0.05, 0) is 41.5 Å². The molecule has 0 aromatic heterocycles. The largest absolute Gasteiger partial charge is 0.457 e. The van der Waals surface area contributed by atoms with Crippen LogP contribution < -0.4 is 0 Å². The van der Waals surface area contributed by atoms with Crippen LogP contribution in [-0.4, -0.2) is 33.9 Å². The number of amidine groups is 1. The van der Waals surface area contributed by atoms with Crippen molar-refractivity contribution in [2.75, 3.05) is 7.05 Å². The molecule has 2 aliphatic heterocycles. The topological polar surface area (TPSA) is 62.2 Å². The maximum absolute atomic E-state index is 13.6. The lowest BCUT2D eigenvalue weighted by Gasteiger charge is -2.37. The number of rotatable bonds is 8. The number of fused-ring (bicyclic) bond motifs is 1. The van der Waals surface area contributed by atoms with Gasteiger partial charge in [-0.1, -0.05) is 96.7 Å². The van der Waals surface area contributed by atoms with Crippen molar-refractivity contribution < 1.29 is 14.3 Å². The van der Waals surface area contributed by atoms with Gasteiger partial charge in [0.25, 0.3) is 0 Å². The lowest BCUT2D eigenvalue weighted by atomic mass is 9.91. The highest BCUT2D eigenvalue weighted by atomic mass is 32.2. The molecule has 1 amide bonds. The van der Waals surface area contributed by atoms with Crippen molar-refractivity contribution in [3.05, 3.63) is 130 Å². The molecule has 7 heteroatoms. The van der Waals surface area contributed by atoms with Crippen LogP contribution in [0.1, 0.15) is 41.6 Å². The number of allylic oxidation sites excluding steroid dienone is 1. The maximum atomic E-state index is 13.6. The summed E-state index contributed by atoms with van der Waals surface area (Å²) in [6.45, 7) is 4.59. The Morgan fingerprint density at radius 3 is 2.26 bits per heavy atom. The van der Waals surface area contributed by atoms with Crippen molar-refractivity contribution >= 4 is 28.8 Å². The smallest absolute Gasteiger partial charge is 0.338 e. The Kier molecular flexibility index (Phi) is 7.98. The number of esters is 1. The van der Waals surface area contributed by atoms with E-state index in [2.05, 4.69) is 0 Å². The van der Waals surface area contributed by atoms with Crippen molar-refractivity contribution in [2.24, 2.45) is 4.99 Å². The Morgan fingerprint density at radius 1 is 0.923 bits per heavy atom. The number of hydrogen-bond acceptors (Lipinski definition) is 6. The Morgan fingerprint density at radius 2 is 1.56 bits per heavy atom. The highest BCUT2D eigenvalue weighted by Crippen LogP contribution is 2.45. The maximum Gasteiger partial charge on any atom is 0.338 e. The molecule has 0 unspecified atom stereocenters. The van der Waals surface area contributed by atoms with Crippen molar-refractivity contribution in [1.29, 1.82) is 0 Å². The number of nitrogens with zero attached hydrogens (tertiary/aromatic N) is 3. The van der Waals surface area contributed by atoms with Gasteiger partial charge in [0.15, 0.2) is 5.17 Å². The molecule has 39 heavy (non-hydrogen) atoms. The molecule has 5 rings (SSSR count). The third-order valence-electron chi connectivity index (χ3n) is 6.94. The van der Waals surface area contributed by atoms with Crippen LogP contribution in [0.25, 0.3) is 0 Å². The Balaban J connectivity index is 1.43. The van der Waals surface area contributed by atoms with Crippen LogP contribution in [-0.2, 0) is 27.5 Å². The van der Waals surface area contributed by atoms with Crippen LogP contribution in [0, 0.1) is 6.92 Å². The van der Waals surface area contributed by atoms with E-state index in [1.807, 2.05) is 116 Å². The van der Waals surface area contributed by atoms with Crippen LogP contribution in [0.4, 0.5) is 0 Å². The second-order valence-corrected chi connectivity index (χ2v) is 10.6. The Labute approximate surface area is 233 Å². The van der Waals surface area contributed by atoms with Gasteiger partial charge < -0.3 is 14.5 Å². The van der Waals surface area contributed by atoms with E-state index in [0.29, 0.717) is 17.8 Å². The standard InChI is InChI=1S/C32H31N3O3S/c1-22-12-10-11-17-27(22)30-29(31(37)38-20-25-15-8-5-9-16-25)23(2)33-32-35(30)26(21-39-32)18-28(36)34(3)19-24-13-6-4-7-14-24/h4-17,21,30H,18-20H2,1-3H3/t30-/m0/s1. The normalized spacial score (nSPS) is 16.4. The second-order valence-electron chi connectivity index (χ2n) is 9.72. The fourth-order valence-corrected chi connectivity index (χ4v) is 5.82. The third kappa shape index (κ3) is 5.83. The zero-order valence-corrected chi connectivity index (χ0v) is 23.2. The number of hydrogen-bond donors (Lipinski definition) is 0. The van der Waals surface area contributed by atoms with E-state index < -0.39 is 12.0 Å². The number of aryl methyl sites for hydroxylation is 1. The van der Waals surface area contributed by atoms with Crippen LogP contribution >= 0.6 is 11.8 Å². The highest BCUT2D eigenvalue weighted by Gasteiger charge is 2.41. The van der Waals surface area contributed by atoms with Crippen molar-refractivity contribution in [3.63, 3.8) is 0 Å². The van der Waals surface area contributed by atoms with Gasteiger partial charge in [0.05, 0.1) is 23.7 Å². The molecule has 1 atom stereocenters. The molecule has 0 aliphatic carbocycles. The minimum atomic E-state index is -0.449. The molecule has 0 spiro atoms. The molecule has 0 N–H and O–H groups in total. The summed E-state index contributed by atoms with van der Waals surface area (Å²) >= 11 is 1.48. The van der Waals surface area contributed by atoms with Gasteiger partial charge in [0.2, 0.25) is 5.91 Å². The summed E-state index contributed by atoms with van der Waals surface area (Å²) in [5.74, 6) is -0.411. The average molecular weight is 538 g/mol. The van der Waals surface area contributed by atoms with Gasteiger partial charge >= 0.3 is 5.97 Å². The first-order valence-electron chi connectivity index (χ1n) is 12.9. The van der Waals surface area contributed by atoms with Gasteiger partial charge in [-0.2, -0.15) is 0 Å². The fourth-order valence-electron chi connectivity index (χ4n) is 4.85. The first kappa shape index (κ1) is 26.5. The van der Waals surface area contributed by atoms with Crippen molar-refractivity contribution in [1.82, 2.24) is 9.80 Å². The highest BCUT2D eigenvalue weighted by molar-refractivity contribution is 8.16. The van der Waals surface area contributed by atoms with E-state index in [-0.39, 0.29) is 18.9 Å². The Hall–Kier alpha value is -4.10. The zero-order chi connectivity index (χ0) is 27.4. The molecule has 3 aromatic carbocycles. The molecular weight excluding hydrogens is 506 g/mol. The summed E-state index contributed by atoms with van der Waals surface area (Å²) in [6, 6.07) is 27.1. The molecule has 198 valence electrons. The summed E-state index contributed by atoms with van der Waals surface area (Å²) in [5.41, 5.74) is 5.95. The number of benzene rings is 3. The molecule has 0 bridgehead atoms. The minimum Gasteiger partial charge on any atom is -0.457 e. The summed E-state index contributed by atoms with van der Waals surface area (Å²) < 4.78 is 5.80. The molecule has 0 saturated carbocycles. The van der Waals surface area contributed by atoms with E-state index in [1.165, 1.54) is 11.8 Å². The van der Waals surface area contributed by atoms with Gasteiger partial charge in [0, 0.05) is 19.3 Å². The fraction of sp³-hybridized carbons (Fsp3) is 0.219. The molecule has 2 heterocycles. The molecule has 6 nitrogen and oxygen atoms in total. The number of carbonyl (C=O) groups excluding carboxylic acids is 2. The molecule has 0 saturated heterocycles. The first-order chi connectivity index (χ1) is 18.9. The summed E-state index contributed by atoms with van der Waals surface area (Å²) in [7, 11) is 1.82. The lowest BCUT2D eigenvalue weighted by Crippen LogP contribution is -2.38. The summed E-state index contributed by atoms with van der Waals surface area (Å²) in [6.07, 6.45) is 0.198. The van der Waals surface area contributed by atoms with Gasteiger partial charge in [-0.3, -0.25) is 4.79 Å². The van der Waals surface area contributed by atoms with E-state index >= 15 is 0 Å². The van der Waals surface area contributed by atoms with E-state index in [0.717, 1.165) is 33.1 Å². The molecule has 3 aromatic rings. The van der Waals surface area contributed by atoms with Crippen LogP contribution in [0.2, 0.25) is 0 Å². The predicted octanol–water partition coefficient (Wildman–Crippen LogP) is 6.36. The van der Waals surface area contributed by atoms with Crippen LogP contribution in [0.3, 0.4) is 0 Å². The van der Waals surface area contributed by atoms with E-state index in [1.54, 1.807) is 4.90 Å². The monoisotopic (exact) mass is 537 g/mol.